The van der Waals surface area contributed by atoms with Gasteiger partial charge < -0.3 is 25.7 Å². The minimum atomic E-state index is -0.992. The van der Waals surface area contributed by atoms with Crippen LogP contribution < -0.4 is 16.0 Å². The zero-order chi connectivity index (χ0) is 25.1. The van der Waals surface area contributed by atoms with Gasteiger partial charge in [-0.15, -0.1) is 0 Å². The molecular weight excluding hydrogens is 495 g/mol. The van der Waals surface area contributed by atoms with Crippen molar-refractivity contribution in [1.29, 1.82) is 0 Å². The highest BCUT2D eigenvalue weighted by Gasteiger charge is 2.35. The molecule has 1 saturated heterocycles. The summed E-state index contributed by atoms with van der Waals surface area (Å²) in [5.41, 5.74) is 0.769. The highest BCUT2D eigenvalue weighted by molar-refractivity contribution is 6.45. The van der Waals surface area contributed by atoms with Crippen molar-refractivity contribution in [1.82, 2.24) is 20.9 Å². The number of fused-ring (bicyclic) bond motifs is 1. The Morgan fingerprint density at radius 2 is 1.89 bits per heavy atom. The second kappa shape index (κ2) is 10.9. The molecule has 0 spiro atoms. The molecule has 188 valence electrons. The number of methoxy groups -OCH3 is 1. The Morgan fingerprint density at radius 3 is 2.57 bits per heavy atom. The number of aromatic amines is 1. The van der Waals surface area contributed by atoms with E-state index in [0.717, 1.165) is 19.3 Å². The Morgan fingerprint density at radius 1 is 1.11 bits per heavy atom. The average molecular weight is 523 g/mol. The molecule has 2 fully saturated rings. The number of hydrogen-bond acceptors (Lipinski definition) is 5. The maximum atomic E-state index is 13.2. The zero-order valence-corrected chi connectivity index (χ0v) is 20.8. The second-order valence-corrected chi connectivity index (χ2v) is 9.95. The summed E-state index contributed by atoms with van der Waals surface area (Å²) in [7, 11) is 1.24. The lowest BCUT2D eigenvalue weighted by Crippen LogP contribution is -2.53. The molecule has 1 aliphatic heterocycles. The van der Waals surface area contributed by atoms with Crippen LogP contribution in [0.25, 0.3) is 10.9 Å². The molecule has 0 unspecified atom stereocenters. The van der Waals surface area contributed by atoms with Gasteiger partial charge in [-0.05, 0) is 43.7 Å². The summed E-state index contributed by atoms with van der Waals surface area (Å²) in [6.07, 6.45) is 3.96. The summed E-state index contributed by atoms with van der Waals surface area (Å²) >= 11 is 12.3. The molecule has 1 saturated carbocycles. The number of benzene rings is 1. The lowest BCUT2D eigenvalue weighted by molar-refractivity contribution is -0.146. The van der Waals surface area contributed by atoms with Crippen LogP contribution in [0, 0.1) is 11.8 Å². The first-order chi connectivity index (χ1) is 16.8. The van der Waals surface area contributed by atoms with E-state index in [9.17, 15) is 19.2 Å². The fourth-order valence-electron chi connectivity index (χ4n) is 4.39. The number of carbonyl (C=O) groups is 4. The topological polar surface area (TPSA) is 129 Å². The number of carbonyl (C=O) groups excluding carboxylic acids is 4. The molecule has 4 N–H and O–H groups in total. The lowest BCUT2D eigenvalue weighted by atomic mass is 9.91. The Kier molecular flexibility index (Phi) is 7.86. The Labute approximate surface area is 212 Å². The summed E-state index contributed by atoms with van der Waals surface area (Å²) < 4.78 is 4.87. The largest absolute Gasteiger partial charge is 0.467 e. The molecule has 3 amide bonds. The van der Waals surface area contributed by atoms with Crippen LogP contribution in [0.2, 0.25) is 10.0 Å². The summed E-state index contributed by atoms with van der Waals surface area (Å²) in [6, 6.07) is 3.18. The van der Waals surface area contributed by atoms with Crippen molar-refractivity contribution in [2.45, 2.75) is 50.6 Å². The minimum absolute atomic E-state index is 0.135. The van der Waals surface area contributed by atoms with Gasteiger partial charge in [-0.3, -0.25) is 14.4 Å². The van der Waals surface area contributed by atoms with Crippen LogP contribution in [0.4, 0.5) is 0 Å². The average Bonchev–Trinajstić information content (AvgIpc) is 3.55. The maximum absolute atomic E-state index is 13.2. The monoisotopic (exact) mass is 522 g/mol. The van der Waals surface area contributed by atoms with Crippen molar-refractivity contribution in [2.24, 2.45) is 11.8 Å². The van der Waals surface area contributed by atoms with E-state index in [1.807, 2.05) is 0 Å². The van der Waals surface area contributed by atoms with Gasteiger partial charge in [-0.2, -0.15) is 0 Å². The van der Waals surface area contributed by atoms with E-state index in [1.54, 1.807) is 18.2 Å². The number of nitrogens with one attached hydrogen (secondary N) is 4. The second-order valence-electron chi connectivity index (χ2n) is 9.16. The van der Waals surface area contributed by atoms with E-state index < -0.39 is 35.8 Å². The number of ether oxygens (including phenoxy) is 1. The molecule has 2 aromatic rings. The first kappa shape index (κ1) is 25.3. The number of H-pyrrole nitrogens is 1. The SMILES string of the molecule is COC(=O)[C@H](C[C@@H]1CCCNC1=O)NC(=O)[C@H](CC1CC1)NC(=O)c1cc2ccc(Cl)c(Cl)c2[nH]1. The number of esters is 1. The molecule has 3 atom stereocenters. The third kappa shape index (κ3) is 6.08. The van der Waals surface area contributed by atoms with E-state index >= 15 is 0 Å². The fourth-order valence-corrected chi connectivity index (χ4v) is 4.77. The van der Waals surface area contributed by atoms with Gasteiger partial charge in [0.25, 0.3) is 5.91 Å². The van der Waals surface area contributed by atoms with Crippen molar-refractivity contribution in [2.75, 3.05) is 13.7 Å². The quantitative estimate of drug-likeness (QED) is 0.376. The third-order valence-corrected chi connectivity index (χ3v) is 7.35. The van der Waals surface area contributed by atoms with E-state index in [2.05, 4.69) is 20.9 Å². The lowest BCUT2D eigenvalue weighted by Gasteiger charge is -2.27. The molecule has 35 heavy (non-hydrogen) atoms. The van der Waals surface area contributed by atoms with Crippen molar-refractivity contribution < 1.29 is 23.9 Å². The molecule has 9 nitrogen and oxygen atoms in total. The predicted molar refractivity (Wildman–Crippen MR) is 131 cm³/mol. The van der Waals surface area contributed by atoms with Crippen molar-refractivity contribution in [3.05, 3.63) is 33.9 Å². The van der Waals surface area contributed by atoms with E-state index in [0.29, 0.717) is 46.3 Å². The van der Waals surface area contributed by atoms with Gasteiger partial charge in [0.2, 0.25) is 11.8 Å². The molecular formula is C24H28Cl2N4O5. The smallest absolute Gasteiger partial charge is 0.328 e. The Hall–Kier alpha value is -2.78. The molecule has 1 aromatic carbocycles. The van der Waals surface area contributed by atoms with Crippen LogP contribution in [-0.4, -0.2) is 54.4 Å². The standard InChI is InChI=1S/C24H28Cl2N4O5/c1-35-24(34)18(11-14-3-2-8-27-21(14)31)30-22(32)16(9-12-4-5-12)29-23(33)17-10-13-6-7-15(25)19(26)20(13)28-17/h6-7,10,12,14,16,18,28H,2-5,8-9,11H2,1H3,(H,27,31)(H,29,33)(H,30,32)/t14-,16-,18-/m0/s1. The molecule has 4 rings (SSSR count). The van der Waals surface area contributed by atoms with Crippen molar-refractivity contribution in [3.8, 4) is 0 Å². The first-order valence-corrected chi connectivity index (χ1v) is 12.5. The molecule has 1 aromatic heterocycles. The Balaban J connectivity index is 1.48. The van der Waals surface area contributed by atoms with Gasteiger partial charge in [0.15, 0.2) is 0 Å². The molecule has 2 heterocycles. The van der Waals surface area contributed by atoms with E-state index in [4.69, 9.17) is 27.9 Å². The number of amides is 3. The first-order valence-electron chi connectivity index (χ1n) is 11.7. The molecule has 2 aliphatic rings. The number of rotatable bonds is 9. The summed E-state index contributed by atoms with van der Waals surface area (Å²) in [6.45, 7) is 0.602. The minimum Gasteiger partial charge on any atom is -0.467 e. The van der Waals surface area contributed by atoms with Crippen LogP contribution in [0.15, 0.2) is 18.2 Å². The predicted octanol–water partition coefficient (Wildman–Crippen LogP) is 2.95. The molecule has 0 bridgehead atoms. The molecule has 11 heteroatoms. The summed E-state index contributed by atoms with van der Waals surface area (Å²) in [5, 5.41) is 9.66. The van der Waals surface area contributed by atoms with E-state index in [-0.39, 0.29) is 18.0 Å². The number of halogens is 2. The maximum Gasteiger partial charge on any atom is 0.328 e. The van der Waals surface area contributed by atoms with Crippen molar-refractivity contribution >= 4 is 57.8 Å². The van der Waals surface area contributed by atoms with Crippen LogP contribution in [-0.2, 0) is 19.1 Å². The van der Waals surface area contributed by atoms with E-state index in [1.165, 1.54) is 7.11 Å². The van der Waals surface area contributed by atoms with Gasteiger partial charge in [-0.25, -0.2) is 4.79 Å². The fraction of sp³-hybridized carbons (Fsp3) is 0.500. The van der Waals surface area contributed by atoms with Gasteiger partial charge in [0, 0.05) is 17.8 Å². The van der Waals surface area contributed by atoms with Gasteiger partial charge >= 0.3 is 5.97 Å². The van der Waals surface area contributed by atoms with Crippen molar-refractivity contribution in [3.63, 3.8) is 0 Å². The summed E-state index contributed by atoms with van der Waals surface area (Å²) in [5.74, 6) is -1.81. The molecule has 0 radical (unpaired) electrons. The third-order valence-electron chi connectivity index (χ3n) is 6.54. The van der Waals surface area contributed by atoms with Gasteiger partial charge in [-0.1, -0.05) is 42.1 Å². The number of hydrogen-bond donors (Lipinski definition) is 4. The zero-order valence-electron chi connectivity index (χ0n) is 19.3. The Bertz CT molecular complexity index is 1150. The van der Waals surface area contributed by atoms with Crippen LogP contribution in [0.5, 0.6) is 0 Å². The van der Waals surface area contributed by atoms with Crippen LogP contribution in [0.1, 0.15) is 49.0 Å². The van der Waals surface area contributed by atoms with Crippen LogP contribution >= 0.6 is 23.2 Å². The normalized spacial score (nSPS) is 19.5. The molecule has 1 aliphatic carbocycles. The highest BCUT2D eigenvalue weighted by Crippen LogP contribution is 2.34. The number of piperidine rings is 1. The van der Waals surface area contributed by atoms with Gasteiger partial charge in [0.1, 0.15) is 17.8 Å². The van der Waals surface area contributed by atoms with Gasteiger partial charge in [0.05, 0.1) is 22.7 Å². The number of aromatic nitrogens is 1. The van der Waals surface area contributed by atoms with Crippen LogP contribution in [0.3, 0.4) is 0 Å². The summed E-state index contributed by atoms with van der Waals surface area (Å²) in [4.78, 5) is 53.8. The highest BCUT2D eigenvalue weighted by atomic mass is 35.5.